The quantitative estimate of drug-likeness (QED) is 0.448. The number of hydrogen-bond donors (Lipinski definition) is 2. The van der Waals surface area contributed by atoms with Gasteiger partial charge in [0.05, 0.1) is 16.5 Å². The number of amides is 1. The Hall–Kier alpha value is -1.73. The summed E-state index contributed by atoms with van der Waals surface area (Å²) in [6, 6.07) is 2.93. The Balaban J connectivity index is 2.02. The van der Waals surface area contributed by atoms with Crippen LogP contribution >= 0.6 is 34.7 Å². The van der Waals surface area contributed by atoms with E-state index in [4.69, 9.17) is 11.6 Å². The molecule has 0 aliphatic heterocycles. The second kappa shape index (κ2) is 8.74. The summed E-state index contributed by atoms with van der Waals surface area (Å²) in [5.74, 6) is -0.752. The van der Waals surface area contributed by atoms with Gasteiger partial charge in [-0.25, -0.2) is 0 Å². The molecular formula is C14H11ClF6N4OS2. The summed E-state index contributed by atoms with van der Waals surface area (Å²) in [6.45, 7) is 0.118. The largest absolute Gasteiger partial charge is 0.418 e. The molecule has 0 saturated heterocycles. The van der Waals surface area contributed by atoms with Crippen molar-refractivity contribution in [3.8, 4) is 0 Å². The standard InChI is InChI=1S/C14H11ClF6N4OS2/c1-6(27-12-25-24-11(28-12)22-5-13(16,17)18)10(26)23-9-3-2-7(15)4-8(9)14(19,20)21/h2-4,6H,5H2,1H3,(H,22,24)(H,23,26). The monoisotopic (exact) mass is 464 g/mol. The van der Waals surface area contributed by atoms with E-state index in [9.17, 15) is 31.1 Å². The van der Waals surface area contributed by atoms with E-state index in [2.05, 4.69) is 15.5 Å². The number of alkyl halides is 6. The van der Waals surface area contributed by atoms with Crippen molar-refractivity contribution in [1.82, 2.24) is 10.2 Å². The highest BCUT2D eigenvalue weighted by Gasteiger charge is 2.34. The molecule has 0 spiro atoms. The molecule has 1 unspecified atom stereocenters. The minimum Gasteiger partial charge on any atom is -0.351 e. The normalized spacial score (nSPS) is 13.3. The zero-order chi connectivity index (χ0) is 21.1. The van der Waals surface area contributed by atoms with Crippen LogP contribution in [-0.4, -0.2) is 34.1 Å². The average molecular weight is 465 g/mol. The van der Waals surface area contributed by atoms with Gasteiger partial charge in [-0.05, 0) is 25.1 Å². The molecule has 5 nitrogen and oxygen atoms in total. The third kappa shape index (κ3) is 6.71. The lowest BCUT2D eigenvalue weighted by molar-refractivity contribution is -0.137. The van der Waals surface area contributed by atoms with E-state index in [1.807, 2.05) is 5.32 Å². The highest BCUT2D eigenvalue weighted by molar-refractivity contribution is 8.02. The fourth-order valence-corrected chi connectivity index (χ4v) is 3.87. The van der Waals surface area contributed by atoms with Crippen LogP contribution < -0.4 is 10.6 Å². The third-order valence-electron chi connectivity index (χ3n) is 3.04. The van der Waals surface area contributed by atoms with Gasteiger partial charge in [0.25, 0.3) is 0 Å². The van der Waals surface area contributed by atoms with Crippen molar-refractivity contribution in [3.63, 3.8) is 0 Å². The molecule has 1 aromatic carbocycles. The predicted molar refractivity (Wildman–Crippen MR) is 94.9 cm³/mol. The van der Waals surface area contributed by atoms with Crippen molar-refractivity contribution in [2.45, 2.75) is 28.9 Å². The molecule has 0 fully saturated rings. The highest BCUT2D eigenvalue weighted by atomic mass is 35.5. The first kappa shape index (κ1) is 22.6. The third-order valence-corrected chi connectivity index (χ3v) is 5.34. The van der Waals surface area contributed by atoms with Crippen LogP contribution in [0.5, 0.6) is 0 Å². The number of anilines is 2. The van der Waals surface area contributed by atoms with Gasteiger partial charge in [0.2, 0.25) is 11.0 Å². The molecule has 154 valence electrons. The molecule has 1 aromatic heterocycles. The molecule has 0 saturated carbocycles. The minimum absolute atomic E-state index is 0.0931. The molecule has 1 atom stereocenters. The van der Waals surface area contributed by atoms with Crippen LogP contribution in [-0.2, 0) is 11.0 Å². The summed E-state index contributed by atoms with van der Waals surface area (Å²) in [7, 11) is 0. The number of benzene rings is 1. The van der Waals surface area contributed by atoms with Crippen LogP contribution in [0.3, 0.4) is 0 Å². The number of thioether (sulfide) groups is 1. The van der Waals surface area contributed by atoms with E-state index in [0.29, 0.717) is 6.07 Å². The molecule has 14 heteroatoms. The fourth-order valence-electron chi connectivity index (χ4n) is 1.80. The van der Waals surface area contributed by atoms with Crippen molar-refractivity contribution in [1.29, 1.82) is 0 Å². The van der Waals surface area contributed by atoms with E-state index >= 15 is 0 Å². The lowest BCUT2D eigenvalue weighted by atomic mass is 10.1. The van der Waals surface area contributed by atoms with Crippen LogP contribution in [0.4, 0.5) is 37.2 Å². The van der Waals surface area contributed by atoms with E-state index in [1.165, 1.54) is 13.0 Å². The van der Waals surface area contributed by atoms with Crippen molar-refractivity contribution in [3.05, 3.63) is 28.8 Å². The fraction of sp³-hybridized carbons (Fsp3) is 0.357. The van der Waals surface area contributed by atoms with Crippen molar-refractivity contribution in [2.75, 3.05) is 17.2 Å². The Bertz CT molecular complexity index is 842. The van der Waals surface area contributed by atoms with Crippen molar-refractivity contribution in [2.24, 2.45) is 0 Å². The molecule has 0 aliphatic rings. The zero-order valence-electron chi connectivity index (χ0n) is 13.8. The first-order valence-electron chi connectivity index (χ1n) is 7.33. The number of halogens is 7. The van der Waals surface area contributed by atoms with Gasteiger partial charge in [-0.2, -0.15) is 26.3 Å². The summed E-state index contributed by atoms with van der Waals surface area (Å²) in [5.41, 5.74) is -1.56. The summed E-state index contributed by atoms with van der Waals surface area (Å²) < 4.78 is 75.9. The smallest absolute Gasteiger partial charge is 0.351 e. The Morgan fingerprint density at radius 3 is 2.54 bits per heavy atom. The zero-order valence-corrected chi connectivity index (χ0v) is 16.2. The van der Waals surface area contributed by atoms with Crippen LogP contribution in [0.25, 0.3) is 0 Å². The van der Waals surface area contributed by atoms with Crippen molar-refractivity contribution >= 4 is 51.4 Å². The average Bonchev–Trinajstić information content (AvgIpc) is 3.00. The number of nitrogens with zero attached hydrogens (tertiary/aromatic N) is 2. The Morgan fingerprint density at radius 2 is 1.93 bits per heavy atom. The Labute approximate surface area is 167 Å². The van der Waals surface area contributed by atoms with Gasteiger partial charge in [0.15, 0.2) is 4.34 Å². The molecule has 0 radical (unpaired) electrons. The molecule has 0 aliphatic carbocycles. The van der Waals surface area contributed by atoms with Gasteiger partial charge in [-0.15, -0.1) is 10.2 Å². The van der Waals surface area contributed by atoms with Crippen LogP contribution in [0.1, 0.15) is 12.5 Å². The maximum absolute atomic E-state index is 13.1. The molecular weight excluding hydrogens is 454 g/mol. The molecule has 2 N–H and O–H groups in total. The van der Waals surface area contributed by atoms with Gasteiger partial charge in [-0.3, -0.25) is 4.79 Å². The van der Waals surface area contributed by atoms with Crippen molar-refractivity contribution < 1.29 is 31.1 Å². The van der Waals surface area contributed by atoms with E-state index in [-0.39, 0.29) is 14.5 Å². The number of rotatable bonds is 6. The summed E-state index contributed by atoms with van der Waals surface area (Å²) in [4.78, 5) is 12.2. The summed E-state index contributed by atoms with van der Waals surface area (Å²) in [5, 5.41) is 10.2. The Morgan fingerprint density at radius 1 is 1.25 bits per heavy atom. The molecule has 2 rings (SSSR count). The maximum atomic E-state index is 13.1. The first-order valence-corrected chi connectivity index (χ1v) is 9.41. The van der Waals surface area contributed by atoms with E-state index < -0.39 is 41.3 Å². The molecule has 2 aromatic rings. The molecule has 28 heavy (non-hydrogen) atoms. The van der Waals surface area contributed by atoms with Gasteiger partial charge < -0.3 is 10.6 Å². The van der Waals surface area contributed by atoms with Gasteiger partial charge in [-0.1, -0.05) is 34.7 Å². The second-order valence-corrected chi connectivity index (χ2v) is 8.28. The van der Waals surface area contributed by atoms with Crippen LogP contribution in [0, 0.1) is 0 Å². The number of carbonyl (C=O) groups excluding carboxylic acids is 1. The van der Waals surface area contributed by atoms with E-state index in [0.717, 1.165) is 29.2 Å². The summed E-state index contributed by atoms with van der Waals surface area (Å²) >= 11 is 7.21. The van der Waals surface area contributed by atoms with Gasteiger partial charge >= 0.3 is 12.4 Å². The number of aromatic nitrogens is 2. The number of nitrogens with one attached hydrogen (secondary N) is 2. The van der Waals surface area contributed by atoms with E-state index in [1.54, 1.807) is 0 Å². The molecule has 1 amide bonds. The topological polar surface area (TPSA) is 66.9 Å². The predicted octanol–water partition coefficient (Wildman–Crippen LogP) is 5.30. The lowest BCUT2D eigenvalue weighted by Crippen LogP contribution is -2.24. The Kier molecular flexibility index (Phi) is 7.04. The SMILES string of the molecule is CC(Sc1nnc(NCC(F)(F)F)s1)C(=O)Nc1ccc(Cl)cc1C(F)(F)F. The highest BCUT2D eigenvalue weighted by Crippen LogP contribution is 2.37. The first-order chi connectivity index (χ1) is 12.8. The van der Waals surface area contributed by atoms with Crippen LogP contribution in [0.15, 0.2) is 22.5 Å². The second-order valence-electron chi connectivity index (χ2n) is 5.28. The van der Waals surface area contributed by atoms with Gasteiger partial charge in [0.1, 0.15) is 6.54 Å². The molecule has 0 bridgehead atoms. The number of carbonyl (C=O) groups is 1. The minimum atomic E-state index is -4.72. The lowest BCUT2D eigenvalue weighted by Gasteiger charge is -2.16. The summed E-state index contributed by atoms with van der Waals surface area (Å²) in [6.07, 6.45) is -9.15. The van der Waals surface area contributed by atoms with Gasteiger partial charge in [0, 0.05) is 5.02 Å². The maximum Gasteiger partial charge on any atom is 0.418 e. The number of hydrogen-bond acceptors (Lipinski definition) is 6. The molecule has 1 heterocycles. The van der Waals surface area contributed by atoms with Crippen LogP contribution in [0.2, 0.25) is 5.02 Å².